The summed E-state index contributed by atoms with van der Waals surface area (Å²) in [5, 5.41) is 11.4. The van der Waals surface area contributed by atoms with Crippen LogP contribution in [0.1, 0.15) is 36.6 Å². The maximum Gasteiger partial charge on any atom is 0.300 e. The Hall–Kier alpha value is -4.06. The topological polar surface area (TPSA) is 70.1 Å². The molecule has 0 radical (unpaired) electrons. The lowest BCUT2D eigenvalue weighted by Gasteiger charge is -2.27. The van der Waals surface area contributed by atoms with Gasteiger partial charge in [0.2, 0.25) is 0 Å². The van der Waals surface area contributed by atoms with Crippen LogP contribution in [0.5, 0.6) is 5.75 Å². The Morgan fingerprint density at radius 1 is 1.00 bits per heavy atom. The van der Waals surface area contributed by atoms with Crippen LogP contribution in [-0.4, -0.2) is 37.5 Å². The van der Waals surface area contributed by atoms with Crippen molar-refractivity contribution >= 4 is 28.8 Å². The van der Waals surface area contributed by atoms with Crippen LogP contribution in [-0.2, 0) is 9.59 Å². The minimum absolute atomic E-state index is 0.0620. The van der Waals surface area contributed by atoms with Crippen LogP contribution in [0, 0.1) is 12.8 Å². The van der Waals surface area contributed by atoms with Crippen LogP contribution in [0.25, 0.3) is 5.76 Å². The van der Waals surface area contributed by atoms with Crippen molar-refractivity contribution in [3.05, 3.63) is 95.1 Å². The summed E-state index contributed by atoms with van der Waals surface area (Å²) in [4.78, 5) is 30.3. The highest BCUT2D eigenvalue weighted by atomic mass is 16.5. The Morgan fingerprint density at radius 2 is 1.69 bits per heavy atom. The number of amides is 1. The summed E-state index contributed by atoms with van der Waals surface area (Å²) in [6, 6.07) is 21.3. The quantitative estimate of drug-likeness (QED) is 0.264. The molecule has 0 aliphatic carbocycles. The third-order valence-electron chi connectivity index (χ3n) is 6.26. The summed E-state index contributed by atoms with van der Waals surface area (Å²) < 4.78 is 5.82. The average Bonchev–Trinajstić information content (AvgIpc) is 3.13. The maximum absolute atomic E-state index is 13.4. The lowest BCUT2D eigenvalue weighted by atomic mass is 9.92. The van der Waals surface area contributed by atoms with Crippen molar-refractivity contribution in [3.8, 4) is 5.75 Å². The Morgan fingerprint density at radius 3 is 2.33 bits per heavy atom. The second-order valence-corrected chi connectivity index (χ2v) is 9.67. The van der Waals surface area contributed by atoms with Crippen LogP contribution in [0.2, 0.25) is 0 Å². The van der Waals surface area contributed by atoms with E-state index in [2.05, 4.69) is 13.8 Å². The standard InChI is InChI=1S/C30H32N2O4/c1-19(2)18-36-24-11-8-10-21(17-24)28(33)26-27(25-12-7-6-9-20(25)3)32(30(35)29(26)34)23-15-13-22(14-16-23)31(4)5/h6-17,19,27,33H,18H2,1-5H3/b28-26+. The second kappa shape index (κ2) is 10.3. The normalized spacial score (nSPS) is 17.1. The lowest BCUT2D eigenvalue weighted by Crippen LogP contribution is -2.29. The number of Topliss-reactive ketones (excluding diaryl/α,β-unsaturated/α-hetero) is 1. The van der Waals surface area contributed by atoms with Gasteiger partial charge in [-0.25, -0.2) is 0 Å². The van der Waals surface area contributed by atoms with Crippen LogP contribution < -0.4 is 14.5 Å². The van der Waals surface area contributed by atoms with Gasteiger partial charge in [-0.1, -0.05) is 50.2 Å². The molecule has 3 aromatic rings. The Kier molecular flexibility index (Phi) is 7.15. The van der Waals surface area contributed by atoms with Gasteiger partial charge >= 0.3 is 0 Å². The first kappa shape index (κ1) is 25.0. The first-order chi connectivity index (χ1) is 17.2. The van der Waals surface area contributed by atoms with Gasteiger partial charge in [0.25, 0.3) is 11.7 Å². The zero-order chi connectivity index (χ0) is 26.0. The molecular formula is C30H32N2O4. The number of carbonyl (C=O) groups excluding carboxylic acids is 2. The number of anilines is 2. The van der Waals surface area contributed by atoms with Gasteiger partial charge in [-0.05, 0) is 60.4 Å². The van der Waals surface area contributed by atoms with Crippen molar-refractivity contribution in [1.82, 2.24) is 0 Å². The molecule has 4 rings (SSSR count). The number of hydrogen-bond acceptors (Lipinski definition) is 5. The van der Waals surface area contributed by atoms with E-state index in [9.17, 15) is 14.7 Å². The van der Waals surface area contributed by atoms with Crippen molar-refractivity contribution in [1.29, 1.82) is 0 Å². The number of carbonyl (C=O) groups is 2. The second-order valence-electron chi connectivity index (χ2n) is 9.67. The number of ketones is 1. The molecule has 1 amide bonds. The van der Waals surface area contributed by atoms with Crippen LogP contribution in [0.3, 0.4) is 0 Å². The molecule has 1 saturated heterocycles. The Balaban J connectivity index is 1.86. The highest BCUT2D eigenvalue weighted by Crippen LogP contribution is 2.43. The minimum atomic E-state index is -0.767. The predicted octanol–water partition coefficient (Wildman–Crippen LogP) is 5.72. The van der Waals surface area contributed by atoms with E-state index in [1.54, 1.807) is 18.2 Å². The van der Waals surface area contributed by atoms with E-state index >= 15 is 0 Å². The number of aliphatic hydroxyl groups excluding tert-OH is 1. The molecule has 1 heterocycles. The first-order valence-corrected chi connectivity index (χ1v) is 12.1. The van der Waals surface area contributed by atoms with E-state index in [1.165, 1.54) is 4.90 Å². The molecule has 1 aliphatic rings. The molecule has 3 aromatic carbocycles. The maximum atomic E-state index is 13.4. The third-order valence-corrected chi connectivity index (χ3v) is 6.26. The molecule has 1 atom stereocenters. The average molecular weight is 485 g/mol. The Bertz CT molecular complexity index is 1310. The molecule has 0 aromatic heterocycles. The number of hydrogen-bond donors (Lipinski definition) is 1. The summed E-state index contributed by atoms with van der Waals surface area (Å²) in [5.74, 6) is -0.675. The summed E-state index contributed by atoms with van der Waals surface area (Å²) in [7, 11) is 3.88. The Labute approximate surface area is 212 Å². The summed E-state index contributed by atoms with van der Waals surface area (Å²) in [6.45, 7) is 6.57. The minimum Gasteiger partial charge on any atom is -0.507 e. The molecule has 36 heavy (non-hydrogen) atoms. The fourth-order valence-electron chi connectivity index (χ4n) is 4.35. The number of rotatable bonds is 7. The van der Waals surface area contributed by atoms with Crippen molar-refractivity contribution in [2.45, 2.75) is 26.8 Å². The molecule has 6 heteroatoms. The monoisotopic (exact) mass is 484 g/mol. The van der Waals surface area contributed by atoms with Crippen molar-refractivity contribution in [3.63, 3.8) is 0 Å². The van der Waals surface area contributed by atoms with Crippen LogP contribution in [0.15, 0.2) is 78.4 Å². The van der Waals surface area contributed by atoms with E-state index in [4.69, 9.17) is 4.74 Å². The highest BCUT2D eigenvalue weighted by Gasteiger charge is 2.47. The number of benzene rings is 3. The van der Waals surface area contributed by atoms with Crippen molar-refractivity contribution in [2.75, 3.05) is 30.5 Å². The van der Waals surface area contributed by atoms with Crippen LogP contribution >= 0.6 is 0 Å². The predicted molar refractivity (Wildman–Crippen MR) is 144 cm³/mol. The van der Waals surface area contributed by atoms with E-state index in [-0.39, 0.29) is 11.3 Å². The SMILES string of the molecule is Cc1ccccc1C1/C(=C(\O)c2cccc(OCC(C)C)c2)C(=O)C(=O)N1c1ccc(N(C)C)cc1. The van der Waals surface area contributed by atoms with Gasteiger partial charge in [0.15, 0.2) is 0 Å². The van der Waals surface area contributed by atoms with Gasteiger partial charge in [-0.2, -0.15) is 0 Å². The van der Waals surface area contributed by atoms with E-state index in [0.29, 0.717) is 29.5 Å². The fraction of sp³-hybridized carbons (Fsp3) is 0.267. The largest absolute Gasteiger partial charge is 0.507 e. The summed E-state index contributed by atoms with van der Waals surface area (Å²) >= 11 is 0. The highest BCUT2D eigenvalue weighted by molar-refractivity contribution is 6.51. The molecule has 0 bridgehead atoms. The van der Waals surface area contributed by atoms with Crippen LogP contribution in [0.4, 0.5) is 11.4 Å². The number of aryl methyl sites for hydroxylation is 1. The number of nitrogens with zero attached hydrogens (tertiary/aromatic N) is 2. The molecule has 1 aliphatic heterocycles. The number of aliphatic hydroxyl groups is 1. The molecule has 1 N–H and O–H groups in total. The molecule has 0 spiro atoms. The zero-order valence-electron chi connectivity index (χ0n) is 21.4. The smallest absolute Gasteiger partial charge is 0.300 e. The van der Waals surface area contributed by atoms with E-state index in [1.807, 2.05) is 80.5 Å². The zero-order valence-corrected chi connectivity index (χ0v) is 21.4. The summed E-state index contributed by atoms with van der Waals surface area (Å²) in [6.07, 6.45) is 0. The third kappa shape index (κ3) is 4.85. The molecule has 6 nitrogen and oxygen atoms in total. The van der Waals surface area contributed by atoms with Crippen molar-refractivity contribution in [2.24, 2.45) is 5.92 Å². The van der Waals surface area contributed by atoms with Gasteiger partial charge < -0.3 is 14.7 Å². The van der Waals surface area contributed by atoms with Gasteiger partial charge in [0.1, 0.15) is 11.5 Å². The molecule has 0 saturated carbocycles. The van der Waals surface area contributed by atoms with Gasteiger partial charge in [-0.15, -0.1) is 0 Å². The summed E-state index contributed by atoms with van der Waals surface area (Å²) in [5.41, 5.74) is 3.74. The van der Waals surface area contributed by atoms with E-state index < -0.39 is 17.7 Å². The first-order valence-electron chi connectivity index (χ1n) is 12.1. The van der Waals surface area contributed by atoms with Gasteiger partial charge in [0, 0.05) is 31.0 Å². The molecule has 1 unspecified atom stereocenters. The molecule has 186 valence electrons. The fourth-order valence-corrected chi connectivity index (χ4v) is 4.35. The van der Waals surface area contributed by atoms with Gasteiger partial charge in [-0.3, -0.25) is 14.5 Å². The lowest BCUT2D eigenvalue weighted by molar-refractivity contribution is -0.132. The number of ether oxygens (including phenoxy) is 1. The van der Waals surface area contributed by atoms with Crippen molar-refractivity contribution < 1.29 is 19.4 Å². The van der Waals surface area contributed by atoms with Gasteiger partial charge in [0.05, 0.1) is 18.2 Å². The molecular weight excluding hydrogens is 452 g/mol. The molecule has 1 fully saturated rings. The van der Waals surface area contributed by atoms with E-state index in [0.717, 1.165) is 16.8 Å².